The Kier molecular flexibility index (Phi) is 8.50. The molecule has 1 aromatic rings. The van der Waals surface area contributed by atoms with Gasteiger partial charge in [0.2, 0.25) is 5.91 Å². The number of nitrogens with one attached hydrogen (secondary N) is 2. The highest BCUT2D eigenvalue weighted by atomic mass is 16.6. The number of para-hydroxylation sites is 1. The summed E-state index contributed by atoms with van der Waals surface area (Å²) in [4.78, 5) is 37.8. The fourth-order valence-corrected chi connectivity index (χ4v) is 3.21. The van der Waals surface area contributed by atoms with Crippen LogP contribution >= 0.6 is 0 Å². The van der Waals surface area contributed by atoms with Crippen LogP contribution in [0.2, 0.25) is 0 Å². The first-order chi connectivity index (χ1) is 14.2. The molecule has 1 aliphatic heterocycles. The Morgan fingerprint density at radius 2 is 1.70 bits per heavy atom. The molecule has 0 saturated carbocycles. The third-order valence-electron chi connectivity index (χ3n) is 4.79. The molecule has 0 spiro atoms. The van der Waals surface area contributed by atoms with E-state index in [1.807, 2.05) is 52.0 Å². The summed E-state index contributed by atoms with van der Waals surface area (Å²) in [5, 5.41) is 0. The quantitative estimate of drug-likeness (QED) is 0.691. The lowest BCUT2D eigenvalue weighted by Gasteiger charge is -2.33. The van der Waals surface area contributed by atoms with E-state index in [2.05, 4.69) is 10.9 Å². The monoisotopic (exact) mass is 419 g/mol. The van der Waals surface area contributed by atoms with Crippen molar-refractivity contribution in [3.63, 3.8) is 0 Å². The second kappa shape index (κ2) is 10.8. The lowest BCUT2D eigenvalue weighted by molar-refractivity contribution is -0.130. The third-order valence-corrected chi connectivity index (χ3v) is 4.79. The van der Waals surface area contributed by atoms with E-state index in [4.69, 9.17) is 9.47 Å². The summed E-state index contributed by atoms with van der Waals surface area (Å²) < 4.78 is 10.9. The molecule has 3 amide bonds. The van der Waals surface area contributed by atoms with Crippen molar-refractivity contribution in [3.05, 3.63) is 29.8 Å². The molecule has 1 aliphatic rings. The number of hydrogen-bond acceptors (Lipinski definition) is 5. The van der Waals surface area contributed by atoms with Crippen molar-refractivity contribution in [2.24, 2.45) is 5.92 Å². The summed E-state index contributed by atoms with van der Waals surface area (Å²) in [6.07, 6.45) is 2.22. The second-order valence-electron chi connectivity index (χ2n) is 8.46. The van der Waals surface area contributed by atoms with Gasteiger partial charge in [-0.2, -0.15) is 0 Å². The summed E-state index contributed by atoms with van der Waals surface area (Å²) in [6.45, 7) is 8.47. The minimum Gasteiger partial charge on any atom is -0.483 e. The number of amides is 3. The molecule has 1 heterocycles. The lowest BCUT2D eigenvalue weighted by atomic mass is 9.93. The number of hydrogen-bond donors (Lipinski definition) is 2. The molecular weight excluding hydrogens is 386 g/mol. The number of rotatable bonds is 6. The average Bonchev–Trinajstić information content (AvgIpc) is 2.70. The van der Waals surface area contributed by atoms with Crippen LogP contribution in [0.1, 0.15) is 52.5 Å². The Morgan fingerprint density at radius 1 is 1.07 bits per heavy atom. The second-order valence-corrected chi connectivity index (χ2v) is 8.46. The van der Waals surface area contributed by atoms with Crippen molar-refractivity contribution in [2.45, 2.75) is 59.0 Å². The minimum absolute atomic E-state index is 0.160. The Labute approximate surface area is 178 Å². The molecule has 0 aliphatic carbocycles. The Bertz CT molecular complexity index is 737. The molecule has 0 unspecified atom stereocenters. The lowest BCUT2D eigenvalue weighted by Crippen LogP contribution is -2.45. The number of aryl methyl sites for hydroxylation is 1. The molecule has 0 bridgehead atoms. The number of piperidine rings is 1. The first kappa shape index (κ1) is 23.5. The van der Waals surface area contributed by atoms with Gasteiger partial charge in [0.25, 0.3) is 5.91 Å². The fraction of sp³-hybridized carbons (Fsp3) is 0.591. The van der Waals surface area contributed by atoms with Gasteiger partial charge in [0.05, 0.1) is 0 Å². The van der Waals surface area contributed by atoms with E-state index in [0.717, 1.165) is 24.8 Å². The summed E-state index contributed by atoms with van der Waals surface area (Å²) in [6, 6.07) is 7.53. The molecule has 0 radical (unpaired) electrons. The predicted octanol–water partition coefficient (Wildman–Crippen LogP) is 2.81. The predicted molar refractivity (Wildman–Crippen MR) is 113 cm³/mol. The van der Waals surface area contributed by atoms with Crippen molar-refractivity contribution in [1.29, 1.82) is 0 Å². The highest BCUT2D eigenvalue weighted by Crippen LogP contribution is 2.22. The van der Waals surface area contributed by atoms with Crippen LogP contribution in [-0.2, 0) is 20.7 Å². The summed E-state index contributed by atoms with van der Waals surface area (Å²) in [7, 11) is 0. The molecule has 0 atom stereocenters. The van der Waals surface area contributed by atoms with E-state index >= 15 is 0 Å². The fourth-order valence-electron chi connectivity index (χ4n) is 3.21. The Hall–Kier alpha value is -2.77. The van der Waals surface area contributed by atoms with Crippen molar-refractivity contribution >= 4 is 17.9 Å². The number of carbonyl (C=O) groups excluding carboxylic acids is 3. The van der Waals surface area contributed by atoms with Gasteiger partial charge in [-0.1, -0.05) is 25.1 Å². The number of likely N-dealkylation sites (tertiary alicyclic amines) is 1. The highest BCUT2D eigenvalue weighted by molar-refractivity contribution is 5.82. The molecule has 2 rings (SSSR count). The van der Waals surface area contributed by atoms with Crippen molar-refractivity contribution in [1.82, 2.24) is 15.8 Å². The van der Waals surface area contributed by atoms with Crippen LogP contribution in [0.5, 0.6) is 5.75 Å². The van der Waals surface area contributed by atoms with Gasteiger partial charge in [-0.15, -0.1) is 0 Å². The van der Waals surface area contributed by atoms with Crippen LogP contribution in [-0.4, -0.2) is 48.1 Å². The largest absolute Gasteiger partial charge is 0.483 e. The van der Waals surface area contributed by atoms with Crippen LogP contribution in [0.3, 0.4) is 0 Å². The van der Waals surface area contributed by atoms with Crippen LogP contribution in [0.4, 0.5) is 4.79 Å². The minimum atomic E-state index is -0.519. The third kappa shape index (κ3) is 7.93. The first-order valence-electron chi connectivity index (χ1n) is 10.4. The highest BCUT2D eigenvalue weighted by Gasteiger charge is 2.27. The zero-order chi connectivity index (χ0) is 22.1. The number of carbonyl (C=O) groups is 3. The van der Waals surface area contributed by atoms with Crippen LogP contribution in [0.15, 0.2) is 24.3 Å². The van der Waals surface area contributed by atoms with Gasteiger partial charge < -0.3 is 14.4 Å². The van der Waals surface area contributed by atoms with Gasteiger partial charge in [-0.25, -0.2) is 4.79 Å². The first-order valence-corrected chi connectivity index (χ1v) is 10.4. The van der Waals surface area contributed by atoms with E-state index in [9.17, 15) is 14.4 Å². The number of hydrazine groups is 1. The van der Waals surface area contributed by atoms with Gasteiger partial charge >= 0.3 is 6.09 Å². The van der Waals surface area contributed by atoms with Crippen LogP contribution in [0.25, 0.3) is 0 Å². The van der Waals surface area contributed by atoms with E-state index in [1.165, 1.54) is 0 Å². The van der Waals surface area contributed by atoms with Crippen molar-refractivity contribution in [3.8, 4) is 5.75 Å². The zero-order valence-corrected chi connectivity index (χ0v) is 18.3. The number of benzene rings is 1. The maximum absolute atomic E-state index is 12.1. The number of nitrogens with zero attached hydrogens (tertiary/aromatic N) is 1. The van der Waals surface area contributed by atoms with E-state index < -0.39 is 11.5 Å². The van der Waals surface area contributed by atoms with Crippen LogP contribution < -0.4 is 15.6 Å². The molecule has 8 nitrogen and oxygen atoms in total. The van der Waals surface area contributed by atoms with E-state index in [0.29, 0.717) is 25.3 Å². The van der Waals surface area contributed by atoms with Gasteiger partial charge in [0, 0.05) is 19.5 Å². The van der Waals surface area contributed by atoms with E-state index in [-0.39, 0.29) is 24.5 Å². The molecule has 1 aromatic carbocycles. The van der Waals surface area contributed by atoms with Gasteiger partial charge in [0.15, 0.2) is 6.61 Å². The van der Waals surface area contributed by atoms with Crippen molar-refractivity contribution in [2.75, 3.05) is 19.7 Å². The SMILES string of the molecule is CCc1ccccc1OCC(=O)NNC(=O)CC1CCN(C(=O)OC(C)(C)C)CC1. The summed E-state index contributed by atoms with van der Waals surface area (Å²) >= 11 is 0. The number of ether oxygens (including phenoxy) is 2. The van der Waals surface area contributed by atoms with Crippen molar-refractivity contribution < 1.29 is 23.9 Å². The standard InChI is InChI=1S/C22H33N3O5/c1-5-17-8-6-7-9-18(17)29-15-20(27)24-23-19(26)14-16-10-12-25(13-11-16)21(28)30-22(2,3)4/h6-9,16H,5,10-15H2,1-4H3,(H,23,26)(H,24,27). The molecule has 30 heavy (non-hydrogen) atoms. The molecule has 1 saturated heterocycles. The molecule has 0 aromatic heterocycles. The van der Waals surface area contributed by atoms with Gasteiger partial charge in [-0.3, -0.25) is 20.4 Å². The summed E-state index contributed by atoms with van der Waals surface area (Å²) in [5.41, 5.74) is 5.32. The molecule has 1 fully saturated rings. The molecular formula is C22H33N3O5. The normalized spacial score (nSPS) is 14.7. The maximum atomic E-state index is 12.1. The van der Waals surface area contributed by atoms with Gasteiger partial charge in [0.1, 0.15) is 11.4 Å². The topological polar surface area (TPSA) is 97.0 Å². The maximum Gasteiger partial charge on any atom is 0.410 e. The van der Waals surface area contributed by atoms with E-state index in [1.54, 1.807) is 4.90 Å². The molecule has 2 N–H and O–H groups in total. The van der Waals surface area contributed by atoms with Gasteiger partial charge in [-0.05, 0) is 57.6 Å². The Balaban J connectivity index is 1.65. The molecule has 8 heteroatoms. The zero-order valence-electron chi connectivity index (χ0n) is 18.3. The summed E-state index contributed by atoms with van der Waals surface area (Å²) in [5.74, 6) is 0.147. The smallest absolute Gasteiger partial charge is 0.410 e. The molecule has 166 valence electrons. The Morgan fingerprint density at radius 3 is 2.33 bits per heavy atom. The average molecular weight is 420 g/mol. The van der Waals surface area contributed by atoms with Crippen LogP contribution in [0, 0.1) is 5.92 Å².